The van der Waals surface area contributed by atoms with E-state index in [1.807, 2.05) is 26.0 Å². The average molecular weight is 376 g/mol. The summed E-state index contributed by atoms with van der Waals surface area (Å²) in [5.74, 6) is 1.42. The quantitative estimate of drug-likeness (QED) is 0.614. The van der Waals surface area contributed by atoms with Crippen molar-refractivity contribution in [3.8, 4) is 11.5 Å². The second-order valence-electron chi connectivity index (χ2n) is 7.51. The predicted octanol–water partition coefficient (Wildman–Crippen LogP) is -0.195. The van der Waals surface area contributed by atoms with E-state index in [1.54, 1.807) is 0 Å². The molecule has 7 nitrogen and oxygen atoms in total. The summed E-state index contributed by atoms with van der Waals surface area (Å²) in [6.45, 7) is 7.00. The van der Waals surface area contributed by atoms with E-state index in [1.165, 1.54) is 4.90 Å². The number of hydrogen-bond acceptors (Lipinski definition) is 4. The number of fused-ring (bicyclic) bond motifs is 1. The number of amides is 2. The number of nitrogens with one attached hydrogen (secondary N) is 2. The number of carbonyl (C=O) groups excluding carboxylic acids is 2. The first kappa shape index (κ1) is 19.5. The third-order valence-corrected chi connectivity index (χ3v) is 5.36. The van der Waals surface area contributed by atoms with Crippen molar-refractivity contribution in [2.75, 3.05) is 26.2 Å². The lowest BCUT2D eigenvalue weighted by Crippen LogP contribution is -3.14. The highest BCUT2D eigenvalue weighted by Crippen LogP contribution is 2.35. The van der Waals surface area contributed by atoms with E-state index < -0.39 is 0 Å². The summed E-state index contributed by atoms with van der Waals surface area (Å²) in [4.78, 5) is 24.8. The molecule has 1 atom stereocenters. The van der Waals surface area contributed by atoms with Crippen LogP contribution in [0.3, 0.4) is 0 Å². The van der Waals surface area contributed by atoms with Gasteiger partial charge in [-0.1, -0.05) is 0 Å². The highest BCUT2D eigenvalue weighted by molar-refractivity contribution is 5.77. The number of likely N-dealkylation sites (tertiary alicyclic amines) is 1. The Morgan fingerprint density at radius 3 is 2.74 bits per heavy atom. The third kappa shape index (κ3) is 4.91. The van der Waals surface area contributed by atoms with Gasteiger partial charge in [0.1, 0.15) is 17.6 Å². The topological polar surface area (TPSA) is 95.1 Å². The molecular formula is C20H30N3O4+. The predicted molar refractivity (Wildman–Crippen MR) is 101 cm³/mol. The summed E-state index contributed by atoms with van der Waals surface area (Å²) >= 11 is 0. The molecule has 0 bridgehead atoms. The number of primary amides is 1. The molecule has 148 valence electrons. The van der Waals surface area contributed by atoms with Crippen molar-refractivity contribution in [2.45, 2.75) is 45.8 Å². The molecule has 1 fully saturated rings. The monoisotopic (exact) mass is 376 g/mol. The molecule has 7 heteroatoms. The minimum Gasteiger partial charge on any atom is -0.494 e. The highest BCUT2D eigenvalue weighted by Gasteiger charge is 2.27. The van der Waals surface area contributed by atoms with Crippen molar-refractivity contribution >= 4 is 11.8 Å². The Labute approximate surface area is 160 Å². The van der Waals surface area contributed by atoms with Crippen LogP contribution in [0, 0.1) is 5.92 Å². The summed E-state index contributed by atoms with van der Waals surface area (Å²) in [7, 11) is 0. The number of carbonyl (C=O) groups is 2. The van der Waals surface area contributed by atoms with E-state index in [0.717, 1.165) is 55.0 Å². The first-order valence-electron chi connectivity index (χ1n) is 9.81. The zero-order valence-electron chi connectivity index (χ0n) is 16.2. The highest BCUT2D eigenvalue weighted by atomic mass is 16.5. The molecule has 1 aromatic carbocycles. The molecule has 0 aliphatic carbocycles. The number of quaternary nitrogens is 1. The first-order valence-corrected chi connectivity index (χ1v) is 9.81. The molecule has 0 radical (unpaired) electrons. The van der Waals surface area contributed by atoms with Gasteiger partial charge in [-0.2, -0.15) is 0 Å². The normalized spacial score (nSPS) is 24.0. The summed E-state index contributed by atoms with van der Waals surface area (Å²) in [6.07, 6.45) is 2.57. The average Bonchev–Trinajstić information content (AvgIpc) is 2.99. The molecule has 0 aromatic heterocycles. The second-order valence-corrected chi connectivity index (χ2v) is 7.51. The van der Waals surface area contributed by atoms with Gasteiger partial charge in [0, 0.05) is 42.9 Å². The lowest BCUT2D eigenvalue weighted by Gasteiger charge is -2.27. The Kier molecular flexibility index (Phi) is 6.21. The van der Waals surface area contributed by atoms with Crippen LogP contribution in [-0.2, 0) is 22.6 Å². The Bertz CT molecular complexity index is 699. The van der Waals surface area contributed by atoms with Crippen LogP contribution in [0.4, 0.5) is 0 Å². The van der Waals surface area contributed by atoms with Gasteiger partial charge in [-0.05, 0) is 26.0 Å². The van der Waals surface area contributed by atoms with Crippen molar-refractivity contribution in [1.29, 1.82) is 0 Å². The zero-order chi connectivity index (χ0) is 19.4. The van der Waals surface area contributed by atoms with Crippen molar-refractivity contribution in [3.05, 3.63) is 23.3 Å². The van der Waals surface area contributed by atoms with Crippen LogP contribution >= 0.6 is 0 Å². The molecule has 0 saturated carbocycles. The van der Waals surface area contributed by atoms with Crippen molar-refractivity contribution in [3.63, 3.8) is 0 Å². The van der Waals surface area contributed by atoms with Gasteiger partial charge in [-0.15, -0.1) is 0 Å². The van der Waals surface area contributed by atoms with Gasteiger partial charge in [-0.3, -0.25) is 9.59 Å². The maximum absolute atomic E-state index is 12.4. The Balaban J connectivity index is 1.54. The second kappa shape index (κ2) is 8.61. The molecule has 1 aromatic rings. The molecular weight excluding hydrogens is 346 g/mol. The fourth-order valence-corrected chi connectivity index (χ4v) is 3.88. The standard InChI is InChI=1S/C20H29N3O4/c1-3-26-17-9-15-8-13(2)27-18(15)10-16(17)11-22-19(24)12-23-6-4-14(5-7-23)20(21)25/h9-10,13-14H,3-8,11-12H2,1-2H3,(H2,21,25)(H,22,24)/p+1/t13-/m0/s1. The number of ether oxygens (including phenoxy) is 2. The van der Waals surface area contributed by atoms with E-state index >= 15 is 0 Å². The van der Waals surface area contributed by atoms with Crippen molar-refractivity contribution < 1.29 is 24.0 Å². The van der Waals surface area contributed by atoms with Gasteiger partial charge in [-0.25, -0.2) is 0 Å². The minimum absolute atomic E-state index is 0.000224. The van der Waals surface area contributed by atoms with Gasteiger partial charge in [0.05, 0.1) is 19.7 Å². The lowest BCUT2D eigenvalue weighted by atomic mass is 9.96. The summed E-state index contributed by atoms with van der Waals surface area (Å²) in [5, 5.41) is 2.99. The third-order valence-electron chi connectivity index (χ3n) is 5.36. The van der Waals surface area contributed by atoms with Gasteiger partial charge in [0.25, 0.3) is 5.91 Å². The smallest absolute Gasteiger partial charge is 0.275 e. The molecule has 0 unspecified atom stereocenters. The van der Waals surface area contributed by atoms with Gasteiger partial charge >= 0.3 is 0 Å². The first-order chi connectivity index (χ1) is 13.0. The van der Waals surface area contributed by atoms with Crippen LogP contribution < -0.4 is 25.4 Å². The number of nitrogens with two attached hydrogens (primary N) is 1. The van der Waals surface area contributed by atoms with Crippen molar-refractivity contribution in [1.82, 2.24) is 5.32 Å². The molecule has 3 rings (SSSR count). The summed E-state index contributed by atoms with van der Waals surface area (Å²) in [5.41, 5.74) is 7.45. The minimum atomic E-state index is -0.227. The van der Waals surface area contributed by atoms with Crippen molar-refractivity contribution in [2.24, 2.45) is 11.7 Å². The lowest BCUT2D eigenvalue weighted by molar-refractivity contribution is -0.897. The fourth-order valence-electron chi connectivity index (χ4n) is 3.88. The Morgan fingerprint density at radius 2 is 2.07 bits per heavy atom. The number of piperidine rings is 1. The molecule has 2 aliphatic heterocycles. The maximum atomic E-state index is 12.4. The Morgan fingerprint density at radius 1 is 1.33 bits per heavy atom. The van der Waals surface area contributed by atoms with E-state index in [0.29, 0.717) is 19.7 Å². The van der Waals surface area contributed by atoms with Crippen LogP contribution in [0.25, 0.3) is 0 Å². The number of hydrogen-bond donors (Lipinski definition) is 3. The van der Waals surface area contributed by atoms with Crippen LogP contribution in [-0.4, -0.2) is 44.2 Å². The summed E-state index contributed by atoms with van der Waals surface area (Å²) < 4.78 is 11.6. The van der Waals surface area contributed by atoms with Crippen LogP contribution in [0.15, 0.2) is 12.1 Å². The fraction of sp³-hybridized carbons (Fsp3) is 0.600. The van der Waals surface area contributed by atoms with Crippen LogP contribution in [0.1, 0.15) is 37.8 Å². The van der Waals surface area contributed by atoms with E-state index in [4.69, 9.17) is 15.2 Å². The molecule has 2 amide bonds. The molecule has 27 heavy (non-hydrogen) atoms. The van der Waals surface area contributed by atoms with Gasteiger partial charge in [0.2, 0.25) is 5.91 Å². The maximum Gasteiger partial charge on any atom is 0.275 e. The zero-order valence-corrected chi connectivity index (χ0v) is 16.2. The summed E-state index contributed by atoms with van der Waals surface area (Å²) in [6, 6.07) is 4.01. The number of benzene rings is 1. The molecule has 0 spiro atoms. The van der Waals surface area contributed by atoms with Gasteiger partial charge < -0.3 is 25.4 Å². The van der Waals surface area contributed by atoms with E-state index in [9.17, 15) is 9.59 Å². The largest absolute Gasteiger partial charge is 0.494 e. The molecule has 2 aliphatic rings. The molecule has 2 heterocycles. The number of rotatable bonds is 7. The van der Waals surface area contributed by atoms with E-state index in [2.05, 4.69) is 5.32 Å². The molecule has 4 N–H and O–H groups in total. The van der Waals surface area contributed by atoms with Crippen LogP contribution in [0.5, 0.6) is 11.5 Å². The van der Waals surface area contributed by atoms with Crippen LogP contribution in [0.2, 0.25) is 0 Å². The Hall–Kier alpha value is -2.28. The van der Waals surface area contributed by atoms with E-state index in [-0.39, 0.29) is 23.8 Å². The SMILES string of the molecule is CCOc1cc2c(cc1CNC(=O)C[NH+]1CCC(C(N)=O)CC1)O[C@@H](C)C2. The van der Waals surface area contributed by atoms with Gasteiger partial charge in [0.15, 0.2) is 6.54 Å². The molecule has 1 saturated heterocycles.